The second-order valence-corrected chi connectivity index (χ2v) is 13.3. The van der Waals surface area contributed by atoms with E-state index in [2.05, 4.69) is 16.8 Å². The van der Waals surface area contributed by atoms with Crippen molar-refractivity contribution in [1.29, 1.82) is 0 Å². The second-order valence-electron chi connectivity index (χ2n) is 13.3. The summed E-state index contributed by atoms with van der Waals surface area (Å²) in [6.07, 6.45) is -1.64. The topological polar surface area (TPSA) is 188 Å². The first-order valence-corrected chi connectivity index (χ1v) is 15.4. The Morgan fingerprint density at radius 1 is 1.07 bits per heavy atom. The Morgan fingerprint density at radius 2 is 1.74 bits per heavy atom. The molecule has 1 heterocycles. The summed E-state index contributed by atoms with van der Waals surface area (Å²) in [5.41, 5.74) is 3.67. The molecule has 1 saturated heterocycles. The van der Waals surface area contributed by atoms with Crippen molar-refractivity contribution in [2.75, 3.05) is 47.3 Å². The molecular formula is C34H40N4O8. The predicted molar refractivity (Wildman–Crippen MR) is 169 cm³/mol. The zero-order valence-electron chi connectivity index (χ0n) is 26.3. The van der Waals surface area contributed by atoms with Crippen LogP contribution in [0.2, 0.25) is 0 Å². The Morgan fingerprint density at radius 3 is 2.37 bits per heavy atom. The smallest absolute Gasteiger partial charge is 0.255 e. The van der Waals surface area contributed by atoms with E-state index in [0.717, 1.165) is 38.3 Å². The number of ketones is 2. The fourth-order valence-electron chi connectivity index (χ4n) is 7.95. The Labute approximate surface area is 266 Å². The number of aliphatic hydroxyl groups excluding tert-OH is 3. The number of aromatic hydroxyl groups is 1. The van der Waals surface area contributed by atoms with Gasteiger partial charge in [0, 0.05) is 49.8 Å². The minimum absolute atomic E-state index is 0.0297. The number of carbonyl (C=O) groups excluding carboxylic acids is 3. The molecule has 7 N–H and O–H groups in total. The average molecular weight is 633 g/mol. The summed E-state index contributed by atoms with van der Waals surface area (Å²) in [6, 6.07) is 9.77. The second kappa shape index (κ2) is 11.3. The van der Waals surface area contributed by atoms with Crippen molar-refractivity contribution in [3.8, 4) is 16.9 Å². The number of piperazine rings is 1. The number of Topliss-reactive ketones (excluding diaryl/α,β-unsaturated/α-hetero) is 2. The minimum atomic E-state index is -2.95. The molecule has 244 valence electrons. The quantitative estimate of drug-likeness (QED) is 0.257. The third-order valence-corrected chi connectivity index (χ3v) is 10.4. The zero-order valence-corrected chi connectivity index (χ0v) is 26.3. The highest BCUT2D eigenvalue weighted by atomic mass is 16.4. The molecule has 0 unspecified atom stereocenters. The van der Waals surface area contributed by atoms with Gasteiger partial charge >= 0.3 is 0 Å². The Balaban J connectivity index is 1.46. The van der Waals surface area contributed by atoms with E-state index >= 15 is 0 Å². The molecule has 2 aromatic carbocycles. The molecule has 6 atom stereocenters. The van der Waals surface area contributed by atoms with Crippen molar-refractivity contribution < 1.29 is 39.9 Å². The lowest BCUT2D eigenvalue weighted by Crippen LogP contribution is -2.70. The molecule has 2 aromatic rings. The lowest BCUT2D eigenvalue weighted by molar-refractivity contribution is -0.169. The molecule has 46 heavy (non-hydrogen) atoms. The van der Waals surface area contributed by atoms with Gasteiger partial charge in [-0.25, -0.2) is 0 Å². The normalized spacial score (nSPS) is 30.4. The van der Waals surface area contributed by atoms with Crippen LogP contribution in [0, 0.1) is 11.8 Å². The van der Waals surface area contributed by atoms with Crippen LogP contribution in [0.25, 0.3) is 16.9 Å². The standard InChI is InChI=1S/C34H40N4O8/c1-16-19-8-9-20(18-7-5-6-17(14-18)15-38-12-10-37(4)11-13-38)27(39)22(19)28(40)23-21(16)29(41)25-26(36(2)3)30(42)24(33(35)45)32(44)34(25,46)31(23)43/h5-9,14,16,21,25-26,29,39-41,44,46H,10-13,15H2,1-4H3,(H2,35,45)/t16-,21+,25+,26-,29-,34-/m1/s1. The van der Waals surface area contributed by atoms with E-state index in [9.17, 15) is 39.9 Å². The molecule has 3 aliphatic carbocycles. The number of carbonyl (C=O) groups is 3. The van der Waals surface area contributed by atoms with Crippen molar-refractivity contribution in [3.05, 3.63) is 70.0 Å². The largest absolute Gasteiger partial charge is 0.508 e. The number of aliphatic hydroxyl groups is 4. The molecule has 12 nitrogen and oxygen atoms in total. The zero-order chi connectivity index (χ0) is 33.4. The third-order valence-electron chi connectivity index (χ3n) is 10.4. The van der Waals surface area contributed by atoms with Gasteiger partial charge in [-0.2, -0.15) is 0 Å². The summed E-state index contributed by atoms with van der Waals surface area (Å²) >= 11 is 0. The van der Waals surface area contributed by atoms with Crippen LogP contribution in [-0.2, 0) is 20.9 Å². The maximum absolute atomic E-state index is 14.3. The van der Waals surface area contributed by atoms with E-state index in [1.807, 2.05) is 24.3 Å². The van der Waals surface area contributed by atoms with E-state index in [1.165, 1.54) is 19.0 Å². The van der Waals surface area contributed by atoms with Gasteiger partial charge in [0.15, 0.2) is 11.4 Å². The van der Waals surface area contributed by atoms with Crippen molar-refractivity contribution in [3.63, 3.8) is 0 Å². The number of phenolic OH excluding ortho intramolecular Hbond substituents is 1. The summed E-state index contributed by atoms with van der Waals surface area (Å²) in [6.45, 7) is 6.28. The molecule has 0 spiro atoms. The highest BCUT2D eigenvalue weighted by Gasteiger charge is 2.68. The molecular weight excluding hydrogens is 592 g/mol. The number of primary amides is 1. The van der Waals surface area contributed by atoms with Gasteiger partial charge in [0.2, 0.25) is 5.78 Å². The van der Waals surface area contributed by atoms with E-state index in [-0.39, 0.29) is 11.3 Å². The van der Waals surface area contributed by atoms with Crippen LogP contribution in [0.15, 0.2) is 53.3 Å². The Kier molecular flexibility index (Phi) is 7.85. The van der Waals surface area contributed by atoms with Crippen LogP contribution in [0.1, 0.15) is 29.5 Å². The van der Waals surface area contributed by atoms with Gasteiger partial charge in [-0.15, -0.1) is 0 Å². The number of fused-ring (bicyclic) bond motifs is 3. The van der Waals surface area contributed by atoms with Crippen LogP contribution in [0.4, 0.5) is 0 Å². The number of nitrogens with two attached hydrogens (primary N) is 1. The van der Waals surface area contributed by atoms with Gasteiger partial charge in [-0.05, 0) is 49.8 Å². The van der Waals surface area contributed by atoms with Crippen LogP contribution in [0.5, 0.6) is 5.75 Å². The van der Waals surface area contributed by atoms with Gasteiger partial charge in [0.25, 0.3) is 5.91 Å². The van der Waals surface area contributed by atoms with Crippen molar-refractivity contribution in [2.45, 2.75) is 37.1 Å². The Hall–Kier alpha value is -4.07. The maximum Gasteiger partial charge on any atom is 0.255 e. The van der Waals surface area contributed by atoms with Gasteiger partial charge in [0.05, 0.1) is 23.6 Å². The minimum Gasteiger partial charge on any atom is -0.508 e. The van der Waals surface area contributed by atoms with E-state index in [0.29, 0.717) is 16.7 Å². The molecule has 1 saturated carbocycles. The first-order chi connectivity index (χ1) is 21.7. The summed E-state index contributed by atoms with van der Waals surface area (Å²) < 4.78 is 0. The molecule has 0 radical (unpaired) electrons. The van der Waals surface area contributed by atoms with E-state index < -0.39 is 75.6 Å². The van der Waals surface area contributed by atoms with Crippen LogP contribution in [-0.4, -0.2) is 123 Å². The van der Waals surface area contributed by atoms with Gasteiger partial charge < -0.3 is 36.2 Å². The maximum atomic E-state index is 14.3. The van der Waals surface area contributed by atoms with Crippen LogP contribution in [0.3, 0.4) is 0 Å². The van der Waals surface area contributed by atoms with Crippen molar-refractivity contribution in [2.24, 2.45) is 17.6 Å². The third kappa shape index (κ3) is 4.58. The first-order valence-electron chi connectivity index (χ1n) is 15.4. The molecule has 0 aromatic heterocycles. The van der Waals surface area contributed by atoms with E-state index in [1.54, 1.807) is 19.1 Å². The fourth-order valence-corrected chi connectivity index (χ4v) is 7.95. The van der Waals surface area contributed by atoms with Crippen LogP contribution >= 0.6 is 0 Å². The fraction of sp³-hybridized carbons (Fsp3) is 0.441. The number of amides is 1. The van der Waals surface area contributed by atoms with Crippen molar-refractivity contribution >= 4 is 23.2 Å². The van der Waals surface area contributed by atoms with Gasteiger partial charge in [0.1, 0.15) is 22.8 Å². The molecule has 4 aliphatic rings. The number of hydrogen-bond acceptors (Lipinski definition) is 11. The summed E-state index contributed by atoms with van der Waals surface area (Å²) in [4.78, 5) is 45.8. The number of hydrogen-bond donors (Lipinski definition) is 6. The van der Waals surface area contributed by atoms with Crippen molar-refractivity contribution in [1.82, 2.24) is 14.7 Å². The summed E-state index contributed by atoms with van der Waals surface area (Å²) in [5, 5.41) is 58.2. The summed E-state index contributed by atoms with van der Waals surface area (Å²) in [7, 11) is 5.05. The Bertz CT molecular complexity index is 1710. The number of nitrogens with zero attached hydrogens (tertiary/aromatic N) is 3. The lowest BCUT2D eigenvalue weighted by atomic mass is 9.54. The molecule has 0 bridgehead atoms. The molecule has 1 amide bonds. The highest BCUT2D eigenvalue weighted by Crippen LogP contribution is 2.56. The molecule has 2 fully saturated rings. The highest BCUT2D eigenvalue weighted by molar-refractivity contribution is 6.24. The number of likely N-dealkylation sites (N-methyl/N-ethyl adjacent to an activating group) is 2. The molecule has 6 rings (SSSR count). The van der Waals surface area contributed by atoms with Gasteiger partial charge in [-0.3, -0.25) is 24.2 Å². The number of benzene rings is 2. The summed E-state index contributed by atoms with van der Waals surface area (Å²) in [5.74, 6) is -9.04. The molecule has 12 heteroatoms. The van der Waals surface area contributed by atoms with E-state index in [4.69, 9.17) is 5.73 Å². The number of phenols is 1. The first kappa shape index (κ1) is 31.9. The molecule has 1 aliphatic heterocycles. The van der Waals surface area contributed by atoms with Gasteiger partial charge in [-0.1, -0.05) is 37.3 Å². The van der Waals surface area contributed by atoms with Crippen LogP contribution < -0.4 is 5.73 Å². The monoisotopic (exact) mass is 632 g/mol. The predicted octanol–water partition coefficient (Wildman–Crippen LogP) is 0.910. The SMILES string of the molecule is C[C@@H]1c2ccc(-c3cccc(CN4CCN(C)CC4)c3)c(O)c2C(O)=C2C(=O)[C@@]3(O)C(O)=C(C(N)=O)C(=O)[C@H](N(C)C)[C@H]3[C@H](O)[C@H]21. The lowest BCUT2D eigenvalue weighted by Gasteiger charge is -2.53. The number of rotatable bonds is 5. The average Bonchev–Trinajstić information content (AvgIpc) is 3.00.